The zero-order chi connectivity index (χ0) is 62.3. The van der Waals surface area contributed by atoms with E-state index >= 15 is 8.78 Å². The SMILES string of the molecule is C=Cc1ccc(Oc2ccc(C3(c4ccc(F)cc4)c4ccccc4-c4ccc(N(c5cccc(-c6cccc7c6-c6ccccc6C7(C)C)c5)c5ccc6c(c5)C(c5ccc(F)cc5)(c5ccc(Oc7ccc(C=C)cc7)cc5)c5ccccc5-6)cc43)cc2)cc1. The predicted molar refractivity (Wildman–Crippen MR) is 372 cm³/mol. The number of rotatable bonds is 14. The monoisotopic (exact) mass is 1190 g/mol. The molecule has 0 heterocycles. The number of ether oxygens (including phenoxy) is 2. The van der Waals surface area contributed by atoms with Crippen LogP contribution in [0, 0.1) is 11.6 Å². The van der Waals surface area contributed by atoms with Gasteiger partial charge in [-0.3, -0.25) is 0 Å². The number of anilines is 3. The Morgan fingerprint density at radius 3 is 1.13 bits per heavy atom. The summed E-state index contributed by atoms with van der Waals surface area (Å²) in [5, 5.41) is 0. The summed E-state index contributed by atoms with van der Waals surface area (Å²) in [5.41, 5.74) is 22.6. The molecule has 0 spiro atoms. The fourth-order valence-electron chi connectivity index (χ4n) is 15.2. The molecule has 2 atom stereocenters. The first kappa shape index (κ1) is 55.9. The lowest BCUT2D eigenvalue weighted by Gasteiger charge is -2.36. The van der Waals surface area contributed by atoms with E-state index in [9.17, 15) is 0 Å². The van der Waals surface area contributed by atoms with Crippen LogP contribution in [0.1, 0.15) is 80.6 Å². The molecule has 0 saturated carbocycles. The molecule has 440 valence electrons. The fraction of sp³-hybridized carbons (Fsp3) is 0.0575. The van der Waals surface area contributed by atoms with Gasteiger partial charge in [0.25, 0.3) is 0 Å². The minimum atomic E-state index is -0.916. The summed E-state index contributed by atoms with van der Waals surface area (Å²) in [6.45, 7) is 12.5. The van der Waals surface area contributed by atoms with Crippen molar-refractivity contribution in [2.24, 2.45) is 0 Å². The number of benzene rings is 13. The van der Waals surface area contributed by atoms with Crippen molar-refractivity contribution in [3.8, 4) is 67.5 Å². The van der Waals surface area contributed by atoms with E-state index in [1.165, 1.54) is 22.3 Å². The molecule has 2 unspecified atom stereocenters. The molecule has 0 amide bonds. The van der Waals surface area contributed by atoms with Gasteiger partial charge in [-0.15, -0.1) is 0 Å². The number of hydrogen-bond donors (Lipinski definition) is 0. The van der Waals surface area contributed by atoms with Crippen molar-refractivity contribution >= 4 is 29.2 Å². The van der Waals surface area contributed by atoms with E-state index in [1.54, 1.807) is 24.3 Å². The Balaban J connectivity index is 0.922. The summed E-state index contributed by atoms with van der Waals surface area (Å²) < 4.78 is 43.8. The average molecular weight is 1190 g/mol. The van der Waals surface area contributed by atoms with Crippen molar-refractivity contribution in [3.05, 3.63) is 389 Å². The zero-order valence-electron chi connectivity index (χ0n) is 50.9. The normalized spacial score (nSPS) is 15.9. The van der Waals surface area contributed by atoms with Crippen molar-refractivity contribution in [1.29, 1.82) is 0 Å². The quantitative estimate of drug-likeness (QED) is 0.108. The molecule has 0 N–H and O–H groups in total. The molecular weight excluding hydrogens is 1130 g/mol. The molecular formula is C87H61F2NO2. The molecule has 3 aliphatic carbocycles. The van der Waals surface area contributed by atoms with Gasteiger partial charge in [-0.05, 0) is 220 Å². The molecule has 3 aliphatic rings. The smallest absolute Gasteiger partial charge is 0.127 e. The van der Waals surface area contributed by atoms with E-state index in [-0.39, 0.29) is 17.0 Å². The van der Waals surface area contributed by atoms with Gasteiger partial charge < -0.3 is 14.4 Å². The molecule has 0 bridgehead atoms. The molecule has 13 aromatic carbocycles. The summed E-state index contributed by atoms with van der Waals surface area (Å²) >= 11 is 0. The third-order valence-corrected chi connectivity index (χ3v) is 19.4. The van der Waals surface area contributed by atoms with Crippen LogP contribution in [0.15, 0.2) is 310 Å². The lowest BCUT2D eigenvalue weighted by molar-refractivity contribution is 0.482. The second-order valence-corrected chi connectivity index (χ2v) is 24.6. The summed E-state index contributed by atoms with van der Waals surface area (Å²) in [6.07, 6.45) is 3.63. The number of halogens is 2. The highest BCUT2D eigenvalue weighted by molar-refractivity contribution is 5.96. The minimum absolute atomic E-state index is 0.195. The molecule has 16 rings (SSSR count). The van der Waals surface area contributed by atoms with Gasteiger partial charge in [0.2, 0.25) is 0 Å². The molecule has 0 aromatic heterocycles. The summed E-state index contributed by atoms with van der Waals surface area (Å²) in [4.78, 5) is 2.39. The van der Waals surface area contributed by atoms with E-state index < -0.39 is 10.8 Å². The molecule has 3 nitrogen and oxygen atoms in total. The molecule has 92 heavy (non-hydrogen) atoms. The molecule has 13 aromatic rings. The largest absolute Gasteiger partial charge is 0.457 e. The maximum Gasteiger partial charge on any atom is 0.127 e. The summed E-state index contributed by atoms with van der Waals surface area (Å²) in [7, 11) is 0. The first-order chi connectivity index (χ1) is 45.0. The maximum atomic E-state index is 15.4. The molecule has 0 radical (unpaired) electrons. The van der Waals surface area contributed by atoms with E-state index in [0.29, 0.717) is 23.0 Å². The van der Waals surface area contributed by atoms with Crippen LogP contribution >= 0.6 is 0 Å². The van der Waals surface area contributed by atoms with Gasteiger partial charge in [0.1, 0.15) is 34.6 Å². The van der Waals surface area contributed by atoms with E-state index in [0.717, 1.165) is 106 Å². The van der Waals surface area contributed by atoms with Gasteiger partial charge in [0.05, 0.1) is 10.8 Å². The number of fused-ring (bicyclic) bond motifs is 9. The number of hydrogen-bond acceptors (Lipinski definition) is 3. The Morgan fingerprint density at radius 2 is 0.674 bits per heavy atom. The Hall–Kier alpha value is -11.4. The summed E-state index contributed by atoms with van der Waals surface area (Å²) in [6, 6.07) is 102. The van der Waals surface area contributed by atoms with Gasteiger partial charge in [-0.2, -0.15) is 0 Å². The fourth-order valence-corrected chi connectivity index (χ4v) is 15.2. The van der Waals surface area contributed by atoms with Crippen LogP contribution in [-0.4, -0.2) is 0 Å². The van der Waals surface area contributed by atoms with Gasteiger partial charge >= 0.3 is 0 Å². The van der Waals surface area contributed by atoms with Gasteiger partial charge in [-0.1, -0.05) is 227 Å². The van der Waals surface area contributed by atoms with Gasteiger partial charge in [0, 0.05) is 22.5 Å². The van der Waals surface area contributed by atoms with Crippen molar-refractivity contribution in [2.45, 2.75) is 30.1 Å². The molecule has 5 heteroatoms. The highest BCUT2D eigenvalue weighted by Gasteiger charge is 2.49. The van der Waals surface area contributed by atoms with E-state index in [1.807, 2.05) is 109 Å². The Kier molecular flexibility index (Phi) is 13.3. The van der Waals surface area contributed by atoms with Crippen molar-refractivity contribution in [2.75, 3.05) is 4.90 Å². The van der Waals surface area contributed by atoms with Crippen LogP contribution in [0.4, 0.5) is 25.8 Å². The zero-order valence-corrected chi connectivity index (χ0v) is 50.9. The van der Waals surface area contributed by atoms with E-state index in [4.69, 9.17) is 9.47 Å². The van der Waals surface area contributed by atoms with Crippen LogP contribution < -0.4 is 14.4 Å². The lowest BCUT2D eigenvalue weighted by Crippen LogP contribution is -2.29. The Morgan fingerprint density at radius 1 is 0.315 bits per heavy atom. The summed E-state index contributed by atoms with van der Waals surface area (Å²) in [5.74, 6) is 2.18. The first-order valence-corrected chi connectivity index (χ1v) is 31.2. The molecule has 0 aliphatic heterocycles. The Labute approximate surface area is 535 Å². The highest BCUT2D eigenvalue weighted by Crippen LogP contribution is 2.61. The van der Waals surface area contributed by atoms with Gasteiger partial charge in [-0.25, -0.2) is 8.78 Å². The van der Waals surface area contributed by atoms with Crippen molar-refractivity contribution < 1.29 is 18.3 Å². The third kappa shape index (κ3) is 8.82. The lowest BCUT2D eigenvalue weighted by atomic mass is 9.67. The Bertz CT molecular complexity index is 4800. The highest BCUT2D eigenvalue weighted by atomic mass is 19.1. The standard InChI is InChI=1S/C87H61F2NO2/c1-5-56-25-43-68(44-26-56)91-70-47-33-61(34-48-70)86(59-29-37-63(88)38-30-59)79-22-11-7-17-73(79)75-51-41-66(54-82(75)86)90(65-16-13-15-58(53-65)72-20-14-24-81-84(72)77-19-9-10-21-78(77)85(81,3)4)67-42-52-76-74-18-8-12-23-80(74)87(83(76)55-67,60-31-39-64(89)40-32-60)62-35-49-71(50-36-62)92-69-45-27-57(6-2)28-46-69/h5-55H,1-2H2,3-4H3. The van der Waals surface area contributed by atoms with Crippen LogP contribution in [0.25, 0.3) is 56.7 Å². The van der Waals surface area contributed by atoms with Crippen LogP contribution in [0.3, 0.4) is 0 Å². The first-order valence-electron chi connectivity index (χ1n) is 31.2. The van der Waals surface area contributed by atoms with Crippen molar-refractivity contribution in [3.63, 3.8) is 0 Å². The molecule has 0 fully saturated rings. The van der Waals surface area contributed by atoms with Crippen LogP contribution in [-0.2, 0) is 16.2 Å². The van der Waals surface area contributed by atoms with Crippen molar-refractivity contribution in [1.82, 2.24) is 0 Å². The van der Waals surface area contributed by atoms with Crippen LogP contribution in [0.5, 0.6) is 23.0 Å². The van der Waals surface area contributed by atoms with Gasteiger partial charge in [0.15, 0.2) is 0 Å². The van der Waals surface area contributed by atoms with E-state index in [2.05, 4.69) is 208 Å². The maximum absolute atomic E-state index is 15.4. The topological polar surface area (TPSA) is 21.7 Å². The minimum Gasteiger partial charge on any atom is -0.457 e. The third-order valence-electron chi connectivity index (χ3n) is 19.4. The average Bonchev–Trinajstić information content (AvgIpc) is 1.53. The number of nitrogens with zero attached hydrogens (tertiary/aromatic N) is 1. The second kappa shape index (κ2) is 22.0. The van der Waals surface area contributed by atoms with Crippen LogP contribution in [0.2, 0.25) is 0 Å². The molecule has 0 saturated heterocycles. The predicted octanol–water partition coefficient (Wildman–Crippen LogP) is 23.0. The second-order valence-electron chi connectivity index (χ2n) is 24.6.